The predicted molar refractivity (Wildman–Crippen MR) is 84.3 cm³/mol. The summed E-state index contributed by atoms with van der Waals surface area (Å²) < 4.78 is 5.00. The van der Waals surface area contributed by atoms with Gasteiger partial charge in [-0.05, 0) is 42.9 Å². The van der Waals surface area contributed by atoms with Crippen LogP contribution < -0.4 is 10.1 Å². The molecule has 1 amide bonds. The number of hydrogen-bond donors (Lipinski definition) is 1. The van der Waals surface area contributed by atoms with Crippen LogP contribution in [0.1, 0.15) is 33.5 Å². The molecule has 0 saturated carbocycles. The number of hydrogen-bond acceptors (Lipinski definition) is 4. The van der Waals surface area contributed by atoms with E-state index in [0.717, 1.165) is 17.7 Å². The molecule has 1 aliphatic carbocycles. The molecule has 2 heterocycles. The van der Waals surface area contributed by atoms with E-state index in [1.165, 1.54) is 16.9 Å². The third-order valence-electron chi connectivity index (χ3n) is 3.76. The molecule has 5 heteroatoms. The minimum atomic E-state index is -0.0611. The number of anilines is 1. The summed E-state index contributed by atoms with van der Waals surface area (Å²) in [6, 6.07) is 5.57. The van der Waals surface area contributed by atoms with Crippen molar-refractivity contribution >= 4 is 22.9 Å². The Kier molecular flexibility index (Phi) is 3.92. The Morgan fingerprint density at radius 2 is 2.33 bits per heavy atom. The minimum Gasteiger partial charge on any atom is -0.481 e. The third-order valence-corrected chi connectivity index (χ3v) is 4.99. The van der Waals surface area contributed by atoms with Crippen LogP contribution in [0.5, 0.6) is 5.88 Å². The monoisotopic (exact) mass is 302 g/mol. The van der Waals surface area contributed by atoms with Gasteiger partial charge in [0.05, 0.1) is 23.9 Å². The van der Waals surface area contributed by atoms with Gasteiger partial charge < -0.3 is 10.1 Å². The molecule has 2 aromatic rings. The lowest BCUT2D eigenvalue weighted by atomic mass is 9.90. The van der Waals surface area contributed by atoms with Crippen molar-refractivity contribution in [1.29, 1.82) is 0 Å². The molecule has 0 radical (unpaired) electrons. The molecule has 0 unspecified atom stereocenters. The number of nitrogens with zero attached hydrogens (tertiary/aromatic N) is 1. The molecule has 1 atom stereocenters. The largest absolute Gasteiger partial charge is 0.481 e. The van der Waals surface area contributed by atoms with Crippen LogP contribution in [0.2, 0.25) is 0 Å². The van der Waals surface area contributed by atoms with Gasteiger partial charge in [-0.3, -0.25) is 4.79 Å². The Hall–Kier alpha value is -1.88. The third kappa shape index (κ3) is 3.08. The number of aryl methyl sites for hydroxylation is 1. The van der Waals surface area contributed by atoms with E-state index in [-0.39, 0.29) is 5.91 Å². The fourth-order valence-corrected chi connectivity index (χ4v) is 3.69. The molecule has 1 N–H and O–H groups in total. The van der Waals surface area contributed by atoms with Gasteiger partial charge >= 0.3 is 0 Å². The number of nitrogens with one attached hydrogen (secondary N) is 1. The molecule has 0 saturated heterocycles. The standard InChI is InChI=1S/C16H18N2O2S/c1-10-3-5-13-11(7-10)8-14(21-13)16(19)18-12-4-6-15(20-2)17-9-12/h4,6,8-10H,3,5,7H2,1-2H3,(H,18,19)/t10-/m0/s1. The van der Waals surface area contributed by atoms with E-state index in [1.54, 1.807) is 36.8 Å². The summed E-state index contributed by atoms with van der Waals surface area (Å²) in [7, 11) is 1.57. The molecule has 3 rings (SSSR count). The van der Waals surface area contributed by atoms with Crippen LogP contribution in [0, 0.1) is 5.92 Å². The van der Waals surface area contributed by atoms with Crippen LogP contribution in [0.3, 0.4) is 0 Å². The number of pyridine rings is 1. The Balaban J connectivity index is 1.73. The van der Waals surface area contributed by atoms with E-state index in [1.807, 2.05) is 6.07 Å². The maximum Gasteiger partial charge on any atom is 0.265 e. The summed E-state index contributed by atoms with van der Waals surface area (Å²) in [5.41, 5.74) is 2.03. The van der Waals surface area contributed by atoms with Crippen LogP contribution in [0.25, 0.3) is 0 Å². The first-order chi connectivity index (χ1) is 10.2. The van der Waals surface area contributed by atoms with Gasteiger partial charge in [-0.15, -0.1) is 11.3 Å². The van der Waals surface area contributed by atoms with Crippen LogP contribution >= 0.6 is 11.3 Å². The molecular weight excluding hydrogens is 284 g/mol. The lowest BCUT2D eigenvalue weighted by molar-refractivity contribution is 0.103. The van der Waals surface area contributed by atoms with Crippen molar-refractivity contribution in [2.45, 2.75) is 26.2 Å². The van der Waals surface area contributed by atoms with E-state index in [0.29, 0.717) is 17.5 Å². The Bertz CT molecular complexity index is 649. The average Bonchev–Trinajstić information content (AvgIpc) is 2.91. The molecular formula is C16H18N2O2S. The van der Waals surface area contributed by atoms with Gasteiger partial charge in [0.2, 0.25) is 5.88 Å². The second-order valence-electron chi connectivity index (χ2n) is 5.45. The summed E-state index contributed by atoms with van der Waals surface area (Å²) in [5.74, 6) is 1.19. The van der Waals surface area contributed by atoms with Gasteiger partial charge in [0.1, 0.15) is 0 Å². The quantitative estimate of drug-likeness (QED) is 0.943. The summed E-state index contributed by atoms with van der Waals surface area (Å²) in [6.45, 7) is 2.27. The smallest absolute Gasteiger partial charge is 0.265 e. The van der Waals surface area contributed by atoms with Crippen molar-refractivity contribution in [1.82, 2.24) is 4.98 Å². The average molecular weight is 302 g/mol. The van der Waals surface area contributed by atoms with Crippen molar-refractivity contribution in [3.8, 4) is 5.88 Å². The molecule has 0 aromatic carbocycles. The Labute approximate surface area is 128 Å². The van der Waals surface area contributed by atoms with E-state index < -0.39 is 0 Å². The minimum absolute atomic E-state index is 0.0611. The van der Waals surface area contributed by atoms with Crippen molar-refractivity contribution in [2.75, 3.05) is 12.4 Å². The fraction of sp³-hybridized carbons (Fsp3) is 0.375. The number of carbonyl (C=O) groups excluding carboxylic acids is 1. The van der Waals surface area contributed by atoms with Crippen LogP contribution in [0.4, 0.5) is 5.69 Å². The van der Waals surface area contributed by atoms with Gasteiger partial charge in [-0.1, -0.05) is 6.92 Å². The van der Waals surface area contributed by atoms with Crippen LogP contribution in [0.15, 0.2) is 24.4 Å². The molecule has 4 nitrogen and oxygen atoms in total. The second-order valence-corrected chi connectivity index (χ2v) is 6.59. The number of rotatable bonds is 3. The van der Waals surface area contributed by atoms with Gasteiger partial charge in [0.15, 0.2) is 0 Å². The summed E-state index contributed by atoms with van der Waals surface area (Å²) in [4.78, 5) is 18.5. The molecule has 0 fully saturated rings. The van der Waals surface area contributed by atoms with Crippen LogP contribution in [-0.2, 0) is 12.8 Å². The summed E-state index contributed by atoms with van der Waals surface area (Å²) in [6.07, 6.45) is 5.00. The highest BCUT2D eigenvalue weighted by Crippen LogP contribution is 2.32. The number of carbonyl (C=O) groups is 1. The number of thiophene rings is 1. The maximum absolute atomic E-state index is 12.3. The van der Waals surface area contributed by atoms with Crippen molar-refractivity contribution < 1.29 is 9.53 Å². The summed E-state index contributed by atoms with van der Waals surface area (Å²) >= 11 is 1.62. The van der Waals surface area contributed by atoms with Gasteiger partial charge in [0.25, 0.3) is 5.91 Å². The number of ether oxygens (including phenoxy) is 1. The normalized spacial score (nSPS) is 17.1. The lowest BCUT2D eigenvalue weighted by Crippen LogP contribution is -2.10. The predicted octanol–water partition coefficient (Wildman–Crippen LogP) is 3.53. The first kappa shape index (κ1) is 14.1. The number of aromatic nitrogens is 1. The maximum atomic E-state index is 12.3. The van der Waals surface area contributed by atoms with Gasteiger partial charge in [-0.2, -0.15) is 0 Å². The molecule has 0 aliphatic heterocycles. The molecule has 110 valence electrons. The molecule has 0 spiro atoms. The van der Waals surface area contributed by atoms with Crippen molar-refractivity contribution in [2.24, 2.45) is 5.92 Å². The molecule has 21 heavy (non-hydrogen) atoms. The number of methoxy groups -OCH3 is 1. The van der Waals surface area contributed by atoms with Crippen molar-refractivity contribution in [3.05, 3.63) is 39.7 Å². The fourth-order valence-electron chi connectivity index (χ4n) is 2.59. The Morgan fingerprint density at radius 1 is 1.48 bits per heavy atom. The van der Waals surface area contributed by atoms with Crippen LogP contribution in [-0.4, -0.2) is 18.0 Å². The molecule has 2 aromatic heterocycles. The lowest BCUT2D eigenvalue weighted by Gasteiger charge is -2.16. The van der Waals surface area contributed by atoms with Crippen molar-refractivity contribution in [3.63, 3.8) is 0 Å². The van der Waals surface area contributed by atoms with E-state index in [9.17, 15) is 4.79 Å². The van der Waals surface area contributed by atoms with E-state index in [4.69, 9.17) is 4.74 Å². The second kappa shape index (κ2) is 5.85. The first-order valence-corrected chi connectivity index (χ1v) is 7.90. The zero-order valence-corrected chi connectivity index (χ0v) is 13.0. The Morgan fingerprint density at radius 3 is 3.05 bits per heavy atom. The number of fused-ring (bicyclic) bond motifs is 1. The molecule has 0 bridgehead atoms. The van der Waals surface area contributed by atoms with E-state index >= 15 is 0 Å². The van der Waals surface area contributed by atoms with E-state index in [2.05, 4.69) is 17.2 Å². The molecule has 1 aliphatic rings. The number of amides is 1. The van der Waals surface area contributed by atoms with Gasteiger partial charge in [0, 0.05) is 10.9 Å². The SMILES string of the molecule is COc1ccc(NC(=O)c2cc3c(s2)CC[C@H](C)C3)cn1. The van der Waals surface area contributed by atoms with Gasteiger partial charge in [-0.25, -0.2) is 4.98 Å². The zero-order valence-electron chi connectivity index (χ0n) is 12.2. The highest BCUT2D eigenvalue weighted by molar-refractivity contribution is 7.14. The summed E-state index contributed by atoms with van der Waals surface area (Å²) in [5, 5.41) is 2.88. The topological polar surface area (TPSA) is 51.2 Å². The highest BCUT2D eigenvalue weighted by Gasteiger charge is 2.20. The first-order valence-electron chi connectivity index (χ1n) is 7.08. The highest BCUT2D eigenvalue weighted by atomic mass is 32.1. The zero-order chi connectivity index (χ0) is 14.8.